The molecule has 6 rings (SSSR count). The molecule has 0 fully saturated rings. The van der Waals surface area contributed by atoms with Gasteiger partial charge in [-0.15, -0.1) is 0 Å². The lowest BCUT2D eigenvalue weighted by molar-refractivity contribution is 1.52. The molecule has 0 spiro atoms. The first-order valence-electron chi connectivity index (χ1n) is 14.4. The van der Waals surface area contributed by atoms with E-state index in [0.717, 1.165) is 55.6 Å². The Labute approximate surface area is 260 Å². The summed E-state index contributed by atoms with van der Waals surface area (Å²) in [6.07, 6.45) is 0. The normalized spacial score (nSPS) is 9.55. The largest absolute Gasteiger partial charge is 0.0622 e. The molecule has 44 heavy (non-hydrogen) atoms. The molecule has 0 saturated carbocycles. The average Bonchev–Trinajstić information content (AvgIpc) is 3.10. The third-order valence-electron chi connectivity index (χ3n) is 6.83. The molecule has 0 heteroatoms. The number of benzene rings is 6. The monoisotopic (exact) mass is 554 g/mol. The zero-order valence-electron chi connectivity index (χ0n) is 24.0. The average molecular weight is 555 g/mol. The van der Waals surface area contributed by atoms with E-state index in [1.54, 1.807) is 0 Å². The van der Waals surface area contributed by atoms with Gasteiger partial charge in [0.1, 0.15) is 0 Å². The number of hydrogen-bond donors (Lipinski definition) is 0. The van der Waals surface area contributed by atoms with Crippen LogP contribution in [0, 0.1) is 47.4 Å². The van der Waals surface area contributed by atoms with E-state index >= 15 is 0 Å². The van der Waals surface area contributed by atoms with Crippen LogP contribution in [-0.4, -0.2) is 0 Å². The van der Waals surface area contributed by atoms with E-state index in [0.29, 0.717) is 0 Å². The van der Waals surface area contributed by atoms with E-state index in [4.69, 9.17) is 0 Å². The zero-order valence-corrected chi connectivity index (χ0v) is 24.0. The van der Waals surface area contributed by atoms with Crippen LogP contribution >= 0.6 is 0 Å². The van der Waals surface area contributed by atoms with Crippen molar-refractivity contribution in [2.75, 3.05) is 0 Å². The Morgan fingerprint density at radius 2 is 0.500 bits per heavy atom. The SMILES string of the molecule is C(#Cc1ccc(-c2ccc(C#Cc3ccccc3)c(C#Cc3ccccc3)c2)cc1C#Cc1ccccc1)c1ccccc1. The Hall–Kier alpha value is -6.44. The molecule has 6 aromatic rings. The highest BCUT2D eigenvalue weighted by atomic mass is 14.1. The van der Waals surface area contributed by atoms with Crippen molar-refractivity contribution in [3.8, 4) is 58.5 Å². The fourth-order valence-electron chi connectivity index (χ4n) is 4.52. The van der Waals surface area contributed by atoms with E-state index in [2.05, 4.69) is 83.8 Å². The van der Waals surface area contributed by atoms with Crippen molar-refractivity contribution in [2.45, 2.75) is 0 Å². The minimum Gasteiger partial charge on any atom is -0.0622 e. The topological polar surface area (TPSA) is 0 Å². The molecule has 0 bridgehead atoms. The summed E-state index contributed by atoms with van der Waals surface area (Å²) in [5.74, 6) is 26.6. The van der Waals surface area contributed by atoms with E-state index in [-0.39, 0.29) is 0 Å². The van der Waals surface area contributed by atoms with Crippen LogP contribution in [0.25, 0.3) is 11.1 Å². The number of rotatable bonds is 1. The maximum Gasteiger partial charge on any atom is 0.0411 e. The minimum atomic E-state index is 0.875. The first-order valence-corrected chi connectivity index (χ1v) is 14.4. The summed E-state index contributed by atoms with van der Waals surface area (Å²) in [7, 11) is 0. The van der Waals surface area contributed by atoms with Crippen LogP contribution in [0.1, 0.15) is 44.5 Å². The van der Waals surface area contributed by atoms with E-state index in [1.807, 2.05) is 121 Å². The van der Waals surface area contributed by atoms with E-state index < -0.39 is 0 Å². The third kappa shape index (κ3) is 7.44. The van der Waals surface area contributed by atoms with Crippen molar-refractivity contribution >= 4 is 0 Å². The standard InChI is InChI=1S/C44H26/c1-5-13-35(14-6-1)21-25-39-29-31-43(33-41(39)27-23-37-17-9-3-10-18-37)44-32-30-40(26-22-36-15-7-2-8-16-36)42(34-44)28-24-38-19-11-4-12-20-38/h1-20,29-34H. The van der Waals surface area contributed by atoms with Crippen LogP contribution in [0.2, 0.25) is 0 Å². The molecule has 0 aliphatic carbocycles. The van der Waals surface area contributed by atoms with Crippen molar-refractivity contribution in [2.24, 2.45) is 0 Å². The molecule has 0 N–H and O–H groups in total. The molecule has 0 radical (unpaired) electrons. The van der Waals surface area contributed by atoms with Crippen LogP contribution in [0.5, 0.6) is 0 Å². The molecule has 0 heterocycles. The Bertz CT molecular complexity index is 1980. The Morgan fingerprint density at radius 1 is 0.227 bits per heavy atom. The predicted molar refractivity (Wildman–Crippen MR) is 182 cm³/mol. The second-order valence-electron chi connectivity index (χ2n) is 9.98. The van der Waals surface area contributed by atoms with Gasteiger partial charge in [-0.2, -0.15) is 0 Å². The molecule has 202 valence electrons. The van der Waals surface area contributed by atoms with Gasteiger partial charge in [0.25, 0.3) is 0 Å². The highest BCUT2D eigenvalue weighted by Gasteiger charge is 2.07. The highest BCUT2D eigenvalue weighted by Crippen LogP contribution is 2.25. The van der Waals surface area contributed by atoms with Gasteiger partial charge in [0.15, 0.2) is 0 Å². The van der Waals surface area contributed by atoms with Gasteiger partial charge in [0.05, 0.1) is 0 Å². The van der Waals surface area contributed by atoms with E-state index in [9.17, 15) is 0 Å². The smallest absolute Gasteiger partial charge is 0.0411 e. The first-order chi connectivity index (χ1) is 21.8. The fraction of sp³-hybridized carbons (Fsp3) is 0. The summed E-state index contributed by atoms with van der Waals surface area (Å²) in [4.78, 5) is 0. The van der Waals surface area contributed by atoms with Gasteiger partial charge >= 0.3 is 0 Å². The second-order valence-corrected chi connectivity index (χ2v) is 9.98. The lowest BCUT2D eigenvalue weighted by Gasteiger charge is -2.07. The third-order valence-corrected chi connectivity index (χ3v) is 6.83. The van der Waals surface area contributed by atoms with Crippen molar-refractivity contribution in [1.82, 2.24) is 0 Å². The molecule has 0 aromatic heterocycles. The highest BCUT2D eigenvalue weighted by molar-refractivity contribution is 5.72. The van der Waals surface area contributed by atoms with Crippen molar-refractivity contribution in [3.63, 3.8) is 0 Å². The van der Waals surface area contributed by atoms with Crippen molar-refractivity contribution in [3.05, 3.63) is 202 Å². The first kappa shape index (κ1) is 27.7. The number of hydrogen-bond acceptors (Lipinski definition) is 0. The lowest BCUT2D eigenvalue weighted by atomic mass is 9.95. The Morgan fingerprint density at radius 3 is 0.795 bits per heavy atom. The summed E-state index contributed by atoms with van der Waals surface area (Å²) in [6.45, 7) is 0. The summed E-state index contributed by atoms with van der Waals surface area (Å²) in [5, 5.41) is 0. The van der Waals surface area contributed by atoms with Gasteiger partial charge in [0, 0.05) is 44.5 Å². The van der Waals surface area contributed by atoms with Gasteiger partial charge in [0.2, 0.25) is 0 Å². The maximum atomic E-state index is 3.38. The molecular weight excluding hydrogens is 528 g/mol. The van der Waals surface area contributed by atoms with Crippen LogP contribution in [0.4, 0.5) is 0 Å². The predicted octanol–water partition coefficient (Wildman–Crippen LogP) is 8.95. The van der Waals surface area contributed by atoms with Gasteiger partial charge in [-0.3, -0.25) is 0 Å². The molecule has 0 aliphatic heterocycles. The van der Waals surface area contributed by atoms with Gasteiger partial charge in [-0.1, -0.05) is 132 Å². The van der Waals surface area contributed by atoms with Gasteiger partial charge in [-0.05, 0) is 83.9 Å². The van der Waals surface area contributed by atoms with Gasteiger partial charge in [-0.25, -0.2) is 0 Å². The summed E-state index contributed by atoms with van der Waals surface area (Å²) in [5.41, 5.74) is 9.44. The van der Waals surface area contributed by atoms with Crippen LogP contribution in [0.15, 0.2) is 158 Å². The van der Waals surface area contributed by atoms with Crippen molar-refractivity contribution in [1.29, 1.82) is 0 Å². The summed E-state index contributed by atoms with van der Waals surface area (Å²) < 4.78 is 0. The molecule has 0 atom stereocenters. The summed E-state index contributed by atoms with van der Waals surface area (Å²) >= 11 is 0. The second kappa shape index (κ2) is 14.0. The molecule has 0 amide bonds. The van der Waals surface area contributed by atoms with Gasteiger partial charge < -0.3 is 0 Å². The zero-order chi connectivity index (χ0) is 29.8. The summed E-state index contributed by atoms with van der Waals surface area (Å²) in [6, 6.07) is 52.6. The van der Waals surface area contributed by atoms with Crippen LogP contribution in [0.3, 0.4) is 0 Å². The molecule has 6 aromatic carbocycles. The van der Waals surface area contributed by atoms with Crippen molar-refractivity contribution < 1.29 is 0 Å². The quantitative estimate of drug-likeness (QED) is 0.178. The lowest BCUT2D eigenvalue weighted by Crippen LogP contribution is -1.90. The minimum absolute atomic E-state index is 0.875. The molecule has 0 saturated heterocycles. The van der Waals surface area contributed by atoms with E-state index in [1.165, 1.54) is 0 Å². The molecule has 0 unspecified atom stereocenters. The van der Waals surface area contributed by atoms with Crippen LogP contribution < -0.4 is 0 Å². The van der Waals surface area contributed by atoms with Crippen LogP contribution in [-0.2, 0) is 0 Å². The molecular formula is C44H26. The Balaban J connectivity index is 1.43. The Kier molecular flexibility index (Phi) is 8.79. The maximum absolute atomic E-state index is 3.38. The molecule has 0 aliphatic rings. The fourth-order valence-corrected chi connectivity index (χ4v) is 4.52. The molecule has 0 nitrogen and oxygen atoms in total.